The second-order valence-corrected chi connectivity index (χ2v) is 9.27. The van der Waals surface area contributed by atoms with Gasteiger partial charge in [-0.25, -0.2) is 0 Å². The third-order valence-electron chi connectivity index (χ3n) is 6.68. The fraction of sp³-hybridized carbons (Fsp3) is 0.0909. The number of carbonyl (C=O) groups excluding carboxylic acids is 1. The zero-order valence-electron chi connectivity index (χ0n) is 21.4. The summed E-state index contributed by atoms with van der Waals surface area (Å²) in [6.45, 7) is 2.27. The summed E-state index contributed by atoms with van der Waals surface area (Å²) in [5.74, 6) is -0.365. The SMILES string of the molecule is Cc1ccc2ccccc2c1COc1ccc2ccccc2c1/C=C(\C#N)C(=O)Nc1cccc(C(F)(F)F)c1. The van der Waals surface area contributed by atoms with Crippen molar-refractivity contribution in [3.63, 3.8) is 0 Å². The Bertz CT molecular complexity index is 1820. The number of anilines is 1. The van der Waals surface area contributed by atoms with E-state index < -0.39 is 17.6 Å². The number of nitrogens with zero attached hydrogens (tertiary/aromatic N) is 1. The molecule has 5 rings (SSSR count). The normalized spacial score (nSPS) is 11.8. The Morgan fingerprint density at radius 2 is 1.57 bits per heavy atom. The first-order chi connectivity index (χ1) is 19.2. The van der Waals surface area contributed by atoms with E-state index in [9.17, 15) is 23.2 Å². The molecule has 0 radical (unpaired) electrons. The van der Waals surface area contributed by atoms with Gasteiger partial charge in [0.05, 0.1) is 5.56 Å². The maximum atomic E-state index is 13.1. The van der Waals surface area contributed by atoms with Gasteiger partial charge in [-0.2, -0.15) is 18.4 Å². The minimum Gasteiger partial charge on any atom is -0.488 e. The number of amides is 1. The molecule has 5 aromatic rings. The van der Waals surface area contributed by atoms with Crippen LogP contribution in [0.2, 0.25) is 0 Å². The molecule has 0 heterocycles. The van der Waals surface area contributed by atoms with Crippen molar-refractivity contribution in [1.82, 2.24) is 0 Å². The molecule has 198 valence electrons. The van der Waals surface area contributed by atoms with Crippen molar-refractivity contribution in [1.29, 1.82) is 5.26 Å². The number of hydrogen-bond donors (Lipinski definition) is 1. The second-order valence-electron chi connectivity index (χ2n) is 9.27. The van der Waals surface area contributed by atoms with Crippen molar-refractivity contribution >= 4 is 39.2 Å². The van der Waals surface area contributed by atoms with Crippen molar-refractivity contribution in [3.8, 4) is 11.8 Å². The number of nitrogens with one attached hydrogen (secondary N) is 1. The van der Waals surface area contributed by atoms with Gasteiger partial charge in [-0.3, -0.25) is 4.79 Å². The van der Waals surface area contributed by atoms with Crippen LogP contribution in [0.1, 0.15) is 22.3 Å². The lowest BCUT2D eigenvalue weighted by molar-refractivity contribution is -0.137. The summed E-state index contributed by atoms with van der Waals surface area (Å²) < 4.78 is 45.7. The van der Waals surface area contributed by atoms with Crippen molar-refractivity contribution in [3.05, 3.63) is 125 Å². The van der Waals surface area contributed by atoms with Crippen LogP contribution in [0.25, 0.3) is 27.6 Å². The largest absolute Gasteiger partial charge is 0.488 e. The van der Waals surface area contributed by atoms with Gasteiger partial charge in [-0.05, 0) is 64.4 Å². The summed E-state index contributed by atoms with van der Waals surface area (Å²) >= 11 is 0. The van der Waals surface area contributed by atoms with Gasteiger partial charge in [-0.15, -0.1) is 0 Å². The zero-order chi connectivity index (χ0) is 28.3. The van der Waals surface area contributed by atoms with Crippen molar-refractivity contribution in [2.75, 3.05) is 5.32 Å². The average Bonchev–Trinajstić information content (AvgIpc) is 2.95. The highest BCUT2D eigenvalue weighted by Gasteiger charge is 2.30. The minimum atomic E-state index is -4.56. The molecule has 4 nitrogen and oxygen atoms in total. The number of alkyl halides is 3. The summed E-state index contributed by atoms with van der Waals surface area (Å²) in [7, 11) is 0. The average molecular weight is 537 g/mol. The second kappa shape index (κ2) is 11.0. The summed E-state index contributed by atoms with van der Waals surface area (Å²) in [6, 6.07) is 29.4. The molecule has 0 spiro atoms. The first-order valence-corrected chi connectivity index (χ1v) is 12.5. The molecule has 0 saturated heterocycles. The Balaban J connectivity index is 1.51. The highest BCUT2D eigenvalue weighted by atomic mass is 19.4. The Morgan fingerprint density at radius 3 is 2.30 bits per heavy atom. The Labute approximate surface area is 228 Å². The number of halogens is 3. The molecule has 5 aromatic carbocycles. The topological polar surface area (TPSA) is 62.1 Å². The number of nitriles is 1. The van der Waals surface area contributed by atoms with E-state index in [0.29, 0.717) is 11.3 Å². The maximum Gasteiger partial charge on any atom is 0.416 e. The van der Waals surface area contributed by atoms with Gasteiger partial charge in [0.1, 0.15) is 24.0 Å². The molecule has 0 fully saturated rings. The molecule has 0 aliphatic heterocycles. The van der Waals surface area contributed by atoms with Gasteiger partial charge in [0, 0.05) is 16.8 Å². The molecule has 0 atom stereocenters. The van der Waals surface area contributed by atoms with E-state index in [4.69, 9.17) is 4.74 Å². The summed E-state index contributed by atoms with van der Waals surface area (Å²) in [5.41, 5.74) is 1.36. The zero-order valence-corrected chi connectivity index (χ0v) is 21.4. The Hall–Kier alpha value is -5.09. The van der Waals surface area contributed by atoms with Crippen molar-refractivity contribution < 1.29 is 22.7 Å². The van der Waals surface area contributed by atoms with Crippen LogP contribution in [-0.2, 0) is 17.6 Å². The number of hydrogen-bond acceptors (Lipinski definition) is 3. The number of benzene rings is 5. The van der Waals surface area contributed by atoms with Gasteiger partial charge in [-0.1, -0.05) is 72.8 Å². The molecule has 7 heteroatoms. The lowest BCUT2D eigenvalue weighted by atomic mass is 9.99. The molecule has 1 amide bonds. The fourth-order valence-corrected chi connectivity index (χ4v) is 4.60. The van der Waals surface area contributed by atoms with Crippen LogP contribution in [0.15, 0.2) is 103 Å². The van der Waals surface area contributed by atoms with E-state index in [2.05, 4.69) is 11.4 Å². The number of aryl methyl sites for hydroxylation is 1. The lowest BCUT2D eigenvalue weighted by Gasteiger charge is -2.15. The molecule has 0 unspecified atom stereocenters. The quantitative estimate of drug-likeness (QED) is 0.175. The number of ether oxygens (including phenoxy) is 1. The Morgan fingerprint density at radius 1 is 0.900 bits per heavy atom. The first-order valence-electron chi connectivity index (χ1n) is 12.5. The van der Waals surface area contributed by atoms with Crippen molar-refractivity contribution in [2.45, 2.75) is 19.7 Å². The van der Waals surface area contributed by atoms with Crippen LogP contribution in [-0.4, -0.2) is 5.91 Å². The molecular formula is C33H23F3N2O2. The van der Waals surface area contributed by atoms with Gasteiger partial charge >= 0.3 is 6.18 Å². The van der Waals surface area contributed by atoms with Gasteiger partial charge in [0.25, 0.3) is 5.91 Å². The summed E-state index contributed by atoms with van der Waals surface area (Å²) in [5, 5.41) is 16.0. The van der Waals surface area contributed by atoms with E-state index >= 15 is 0 Å². The molecule has 0 aromatic heterocycles. The smallest absolute Gasteiger partial charge is 0.416 e. The van der Waals surface area contributed by atoms with E-state index in [1.807, 2.05) is 73.7 Å². The van der Waals surface area contributed by atoms with Crippen LogP contribution in [0, 0.1) is 18.3 Å². The molecule has 0 aliphatic rings. The van der Waals surface area contributed by atoms with Crippen LogP contribution < -0.4 is 10.1 Å². The summed E-state index contributed by atoms with van der Waals surface area (Å²) in [6.07, 6.45) is -3.15. The van der Waals surface area contributed by atoms with E-state index in [-0.39, 0.29) is 17.9 Å². The van der Waals surface area contributed by atoms with Crippen LogP contribution >= 0.6 is 0 Å². The number of rotatable bonds is 6. The highest BCUT2D eigenvalue weighted by Crippen LogP contribution is 2.33. The molecular weight excluding hydrogens is 513 g/mol. The van der Waals surface area contributed by atoms with Crippen LogP contribution in [0.4, 0.5) is 18.9 Å². The molecule has 0 saturated carbocycles. The molecule has 0 aliphatic carbocycles. The van der Waals surface area contributed by atoms with Gasteiger partial charge < -0.3 is 10.1 Å². The molecule has 1 N–H and O–H groups in total. The van der Waals surface area contributed by atoms with Crippen LogP contribution in [0.5, 0.6) is 5.75 Å². The minimum absolute atomic E-state index is 0.0678. The maximum absolute atomic E-state index is 13.1. The monoisotopic (exact) mass is 536 g/mol. The number of carbonyl (C=O) groups is 1. The molecule has 0 bridgehead atoms. The van der Waals surface area contributed by atoms with Gasteiger partial charge in [0.2, 0.25) is 0 Å². The van der Waals surface area contributed by atoms with E-state index in [1.165, 1.54) is 18.2 Å². The van der Waals surface area contributed by atoms with E-state index in [1.54, 1.807) is 6.07 Å². The first kappa shape index (κ1) is 26.5. The van der Waals surface area contributed by atoms with Crippen LogP contribution in [0.3, 0.4) is 0 Å². The fourth-order valence-electron chi connectivity index (χ4n) is 4.60. The third-order valence-corrected chi connectivity index (χ3v) is 6.68. The summed E-state index contributed by atoms with van der Waals surface area (Å²) in [4.78, 5) is 13.0. The predicted octanol–water partition coefficient (Wildman–Crippen LogP) is 8.44. The lowest BCUT2D eigenvalue weighted by Crippen LogP contribution is -2.14. The highest BCUT2D eigenvalue weighted by molar-refractivity contribution is 6.11. The third kappa shape index (κ3) is 5.52. The predicted molar refractivity (Wildman–Crippen MR) is 151 cm³/mol. The Kier molecular flexibility index (Phi) is 7.26. The van der Waals surface area contributed by atoms with Crippen molar-refractivity contribution in [2.24, 2.45) is 0 Å². The molecule has 40 heavy (non-hydrogen) atoms. The van der Waals surface area contributed by atoms with E-state index in [0.717, 1.165) is 44.8 Å². The van der Waals surface area contributed by atoms with Gasteiger partial charge in [0.15, 0.2) is 0 Å². The number of fused-ring (bicyclic) bond motifs is 2. The standard InChI is InChI=1S/C33H23F3N2O2/c1-21-13-14-22-7-3-5-12-28(22)30(21)20-40-31-16-15-23-8-2-4-11-27(23)29(31)17-24(19-37)32(39)38-26-10-6-9-25(18-26)33(34,35)36/h2-18H,20H2,1H3,(H,38,39)/b24-17+.